The van der Waals surface area contributed by atoms with Gasteiger partial charge in [0.15, 0.2) is 5.76 Å². The number of hydrogen-bond donors (Lipinski definition) is 1. The van der Waals surface area contributed by atoms with Crippen molar-refractivity contribution in [2.75, 3.05) is 20.3 Å². The van der Waals surface area contributed by atoms with E-state index in [1.807, 2.05) is 6.07 Å². The van der Waals surface area contributed by atoms with Gasteiger partial charge in [-0.2, -0.15) is 0 Å². The van der Waals surface area contributed by atoms with Crippen molar-refractivity contribution in [1.29, 1.82) is 0 Å². The number of hydrogen-bond acceptors (Lipinski definition) is 5. The maximum absolute atomic E-state index is 13.2. The van der Waals surface area contributed by atoms with Crippen LogP contribution in [0.3, 0.4) is 0 Å². The molecule has 0 aliphatic heterocycles. The third-order valence-electron chi connectivity index (χ3n) is 3.04. The van der Waals surface area contributed by atoms with Gasteiger partial charge < -0.3 is 14.5 Å². The van der Waals surface area contributed by atoms with Gasteiger partial charge in [0.1, 0.15) is 5.82 Å². The van der Waals surface area contributed by atoms with Gasteiger partial charge in [0.25, 0.3) is 0 Å². The number of oxazole rings is 1. The molecule has 4 nitrogen and oxygen atoms in total. The van der Waals surface area contributed by atoms with Crippen molar-refractivity contribution in [2.45, 2.75) is 6.54 Å². The molecule has 0 aliphatic carbocycles. The number of fused-ring (bicyclic) bond motifs is 1. The van der Waals surface area contributed by atoms with Crippen molar-refractivity contribution in [2.24, 2.45) is 0 Å². The normalized spacial score (nSPS) is 11.3. The molecule has 0 amide bonds. The van der Waals surface area contributed by atoms with Crippen molar-refractivity contribution in [3.8, 4) is 10.6 Å². The van der Waals surface area contributed by atoms with Gasteiger partial charge in [0.2, 0.25) is 5.89 Å². The first-order chi connectivity index (χ1) is 10.3. The summed E-state index contributed by atoms with van der Waals surface area (Å²) in [4.78, 5) is 5.19. The van der Waals surface area contributed by atoms with Crippen molar-refractivity contribution in [1.82, 2.24) is 10.3 Å². The van der Waals surface area contributed by atoms with Gasteiger partial charge >= 0.3 is 0 Å². The minimum absolute atomic E-state index is 0.225. The van der Waals surface area contributed by atoms with Crippen LogP contribution in [-0.2, 0) is 11.3 Å². The van der Waals surface area contributed by atoms with E-state index in [1.165, 1.54) is 23.5 Å². The van der Waals surface area contributed by atoms with Crippen LogP contribution >= 0.6 is 11.3 Å². The fourth-order valence-electron chi connectivity index (χ4n) is 2.00. The molecule has 2 heterocycles. The highest BCUT2D eigenvalue weighted by Gasteiger charge is 2.10. The second-order valence-electron chi connectivity index (χ2n) is 4.58. The van der Waals surface area contributed by atoms with Gasteiger partial charge in [-0.15, -0.1) is 11.3 Å². The molecule has 3 aromatic rings. The Morgan fingerprint density at radius 2 is 2.29 bits per heavy atom. The summed E-state index contributed by atoms with van der Waals surface area (Å²) in [6.07, 6.45) is 1.70. The standard InChI is InChI=1S/C15H15FN2O2S/c1-19-5-4-17-9-15-18-8-12(20-15)14-6-10-2-3-11(16)7-13(10)21-14/h2-3,6-8,17H,4-5,9H2,1H3. The Morgan fingerprint density at radius 1 is 1.38 bits per heavy atom. The van der Waals surface area contributed by atoms with Crippen molar-refractivity contribution in [3.05, 3.63) is 42.2 Å². The second kappa shape index (κ2) is 6.34. The van der Waals surface area contributed by atoms with Crippen LogP contribution in [-0.4, -0.2) is 25.2 Å². The van der Waals surface area contributed by atoms with E-state index in [1.54, 1.807) is 19.4 Å². The van der Waals surface area contributed by atoms with E-state index in [2.05, 4.69) is 10.3 Å². The highest BCUT2D eigenvalue weighted by Crippen LogP contribution is 2.34. The maximum atomic E-state index is 13.2. The molecule has 0 bridgehead atoms. The number of thiophene rings is 1. The fraction of sp³-hybridized carbons (Fsp3) is 0.267. The average Bonchev–Trinajstić information content (AvgIpc) is 3.09. The molecule has 0 saturated carbocycles. The second-order valence-corrected chi connectivity index (χ2v) is 5.66. The lowest BCUT2D eigenvalue weighted by Crippen LogP contribution is -2.18. The highest BCUT2D eigenvalue weighted by atomic mass is 32.1. The molecule has 0 saturated heterocycles. The molecule has 2 aromatic heterocycles. The Hall–Kier alpha value is -1.76. The van der Waals surface area contributed by atoms with E-state index in [0.717, 1.165) is 21.5 Å². The Morgan fingerprint density at radius 3 is 3.14 bits per heavy atom. The Balaban J connectivity index is 1.75. The molecule has 21 heavy (non-hydrogen) atoms. The molecule has 0 aliphatic rings. The zero-order valence-corrected chi connectivity index (χ0v) is 12.4. The molecular formula is C15H15FN2O2S. The van der Waals surface area contributed by atoms with Crippen LogP contribution in [0.25, 0.3) is 20.7 Å². The maximum Gasteiger partial charge on any atom is 0.208 e. The predicted octanol–water partition coefficient (Wildman–Crippen LogP) is 3.43. The number of nitrogens with zero attached hydrogens (tertiary/aromatic N) is 1. The van der Waals surface area contributed by atoms with E-state index in [4.69, 9.17) is 9.15 Å². The summed E-state index contributed by atoms with van der Waals surface area (Å²) in [5.74, 6) is 1.11. The Bertz CT molecular complexity index is 738. The van der Waals surface area contributed by atoms with Crippen LogP contribution in [0.5, 0.6) is 0 Å². The van der Waals surface area contributed by atoms with Gasteiger partial charge in [-0.05, 0) is 23.6 Å². The first kappa shape index (κ1) is 14.2. The van der Waals surface area contributed by atoms with Crippen molar-refractivity contribution >= 4 is 21.4 Å². The first-order valence-electron chi connectivity index (χ1n) is 6.60. The molecule has 0 radical (unpaired) electrons. The molecule has 0 spiro atoms. The Kier molecular flexibility index (Phi) is 4.28. The van der Waals surface area contributed by atoms with Crippen LogP contribution in [0.4, 0.5) is 4.39 Å². The minimum atomic E-state index is -0.225. The van der Waals surface area contributed by atoms with Gasteiger partial charge in [-0.25, -0.2) is 9.37 Å². The van der Waals surface area contributed by atoms with Gasteiger partial charge in [-0.1, -0.05) is 6.07 Å². The molecular weight excluding hydrogens is 291 g/mol. The van der Waals surface area contributed by atoms with Crippen LogP contribution in [0.15, 0.2) is 34.9 Å². The first-order valence-corrected chi connectivity index (χ1v) is 7.42. The topological polar surface area (TPSA) is 47.3 Å². The third-order valence-corrected chi connectivity index (χ3v) is 4.15. The third kappa shape index (κ3) is 3.29. The average molecular weight is 306 g/mol. The van der Waals surface area contributed by atoms with Gasteiger partial charge in [0, 0.05) is 18.4 Å². The summed E-state index contributed by atoms with van der Waals surface area (Å²) < 4.78 is 24.8. The smallest absolute Gasteiger partial charge is 0.208 e. The molecule has 0 atom stereocenters. The largest absolute Gasteiger partial charge is 0.438 e. The number of aromatic nitrogens is 1. The number of benzene rings is 1. The highest BCUT2D eigenvalue weighted by molar-refractivity contribution is 7.22. The van der Waals surface area contributed by atoms with Crippen LogP contribution in [0, 0.1) is 5.82 Å². The summed E-state index contributed by atoms with van der Waals surface area (Å²) in [5, 5.41) is 4.18. The number of rotatable bonds is 6. The molecule has 1 N–H and O–H groups in total. The summed E-state index contributed by atoms with van der Waals surface area (Å²) in [6, 6.07) is 6.76. The number of nitrogens with one attached hydrogen (secondary N) is 1. The lowest BCUT2D eigenvalue weighted by Gasteiger charge is -1.99. The lowest BCUT2D eigenvalue weighted by molar-refractivity contribution is 0.198. The van der Waals surface area contributed by atoms with Gasteiger partial charge in [-0.3, -0.25) is 0 Å². The lowest BCUT2D eigenvalue weighted by atomic mass is 10.2. The number of methoxy groups -OCH3 is 1. The quantitative estimate of drug-likeness (QED) is 0.709. The van der Waals surface area contributed by atoms with Crippen molar-refractivity contribution < 1.29 is 13.5 Å². The van der Waals surface area contributed by atoms with Crippen LogP contribution < -0.4 is 5.32 Å². The summed E-state index contributed by atoms with van der Waals surface area (Å²) in [7, 11) is 1.66. The molecule has 0 fully saturated rings. The molecule has 0 unspecified atom stereocenters. The zero-order valence-electron chi connectivity index (χ0n) is 11.6. The van der Waals surface area contributed by atoms with Gasteiger partial charge in [0.05, 0.1) is 24.2 Å². The monoisotopic (exact) mass is 306 g/mol. The van der Waals surface area contributed by atoms with E-state index in [0.29, 0.717) is 24.8 Å². The summed E-state index contributed by atoms with van der Waals surface area (Å²) in [6.45, 7) is 1.95. The molecule has 110 valence electrons. The summed E-state index contributed by atoms with van der Waals surface area (Å²) >= 11 is 1.50. The van der Waals surface area contributed by atoms with Crippen LogP contribution in [0.1, 0.15) is 5.89 Å². The van der Waals surface area contributed by atoms with E-state index < -0.39 is 0 Å². The van der Waals surface area contributed by atoms with Crippen molar-refractivity contribution in [3.63, 3.8) is 0 Å². The zero-order chi connectivity index (χ0) is 14.7. The predicted molar refractivity (Wildman–Crippen MR) is 80.9 cm³/mol. The summed E-state index contributed by atoms with van der Waals surface area (Å²) in [5.41, 5.74) is 0. The van der Waals surface area contributed by atoms with E-state index in [-0.39, 0.29) is 5.82 Å². The molecule has 1 aromatic carbocycles. The SMILES string of the molecule is COCCNCc1ncc(-c2cc3ccc(F)cc3s2)o1. The minimum Gasteiger partial charge on any atom is -0.438 e. The number of halogens is 1. The fourth-order valence-corrected chi connectivity index (χ4v) is 3.04. The number of ether oxygens (including phenoxy) is 1. The molecule has 3 rings (SSSR count). The van der Waals surface area contributed by atoms with E-state index in [9.17, 15) is 4.39 Å². The molecule has 6 heteroatoms. The Labute approximate surface area is 125 Å². The van der Waals surface area contributed by atoms with E-state index >= 15 is 0 Å². The van der Waals surface area contributed by atoms with Crippen LogP contribution in [0.2, 0.25) is 0 Å².